The number of aliphatic hydroxyl groups excluding tert-OH is 1. The minimum atomic E-state index is -0.460. The number of halogens is 1. The minimum absolute atomic E-state index is 0. The van der Waals surface area contributed by atoms with Crippen LogP contribution in [-0.4, -0.2) is 60.3 Å². The van der Waals surface area contributed by atoms with E-state index >= 15 is 0 Å². The molecule has 0 aliphatic carbocycles. The maximum Gasteiger partial charge on any atom is 0.246 e. The van der Waals surface area contributed by atoms with E-state index in [2.05, 4.69) is 4.90 Å². The Labute approximate surface area is 174 Å². The standard InChI is InChI=1S/C20H22N2O4S.ClH/c23-16(19-2-1-11-27-19)13-21-7-9-22(10-8-21)20(24)6-4-15-3-5-17-18(12-15)26-14-25-17;/h1-6,11-12,16,23H,7-10,13-14H2;1H/b6-4+;. The molecule has 2 aromatic rings. The number of ether oxygens (including phenoxy) is 2. The van der Waals surface area contributed by atoms with Gasteiger partial charge in [-0.3, -0.25) is 9.69 Å². The molecule has 2 aliphatic rings. The first-order valence-electron chi connectivity index (χ1n) is 8.99. The van der Waals surface area contributed by atoms with Gasteiger partial charge in [0.05, 0.1) is 0 Å². The van der Waals surface area contributed by atoms with Crippen LogP contribution in [-0.2, 0) is 4.79 Å². The van der Waals surface area contributed by atoms with Crippen molar-refractivity contribution in [3.8, 4) is 11.5 Å². The van der Waals surface area contributed by atoms with Crippen molar-refractivity contribution in [2.75, 3.05) is 39.5 Å². The van der Waals surface area contributed by atoms with E-state index in [1.54, 1.807) is 23.5 Å². The summed E-state index contributed by atoms with van der Waals surface area (Å²) < 4.78 is 10.6. The first kappa shape index (κ1) is 20.7. The average Bonchev–Trinajstić information content (AvgIpc) is 3.38. The molecule has 1 aromatic carbocycles. The van der Waals surface area contributed by atoms with Crippen LogP contribution in [0.5, 0.6) is 11.5 Å². The highest BCUT2D eigenvalue weighted by atomic mass is 35.5. The topological polar surface area (TPSA) is 62.2 Å². The first-order valence-corrected chi connectivity index (χ1v) is 9.87. The maximum atomic E-state index is 12.4. The van der Waals surface area contributed by atoms with E-state index in [0.717, 1.165) is 29.3 Å². The van der Waals surface area contributed by atoms with Gasteiger partial charge in [0.25, 0.3) is 0 Å². The number of hydrogen-bond donors (Lipinski definition) is 1. The quantitative estimate of drug-likeness (QED) is 0.751. The van der Waals surface area contributed by atoms with E-state index in [1.165, 1.54) is 0 Å². The summed E-state index contributed by atoms with van der Waals surface area (Å²) in [6.07, 6.45) is 2.95. The molecule has 8 heteroatoms. The molecule has 0 bridgehead atoms. The number of amides is 1. The van der Waals surface area contributed by atoms with Gasteiger partial charge in [0.2, 0.25) is 12.7 Å². The fourth-order valence-corrected chi connectivity index (χ4v) is 3.96. The molecule has 6 nitrogen and oxygen atoms in total. The van der Waals surface area contributed by atoms with Crippen LogP contribution in [0.25, 0.3) is 6.08 Å². The number of benzene rings is 1. The van der Waals surface area contributed by atoms with Crippen LogP contribution in [0.2, 0.25) is 0 Å². The number of β-amino-alcohol motifs (C(OH)–C–C–N with tert-alkyl or cyclic N) is 1. The van der Waals surface area contributed by atoms with Crippen molar-refractivity contribution in [2.45, 2.75) is 6.10 Å². The fraction of sp³-hybridized carbons (Fsp3) is 0.350. The summed E-state index contributed by atoms with van der Waals surface area (Å²) in [5.41, 5.74) is 0.908. The molecular weight excluding hydrogens is 400 g/mol. The lowest BCUT2D eigenvalue weighted by atomic mass is 10.2. The number of carbonyl (C=O) groups excluding carboxylic acids is 1. The summed E-state index contributed by atoms with van der Waals surface area (Å²) in [5, 5.41) is 12.2. The molecule has 1 saturated heterocycles. The normalized spacial score (nSPS) is 17.5. The number of hydrogen-bond acceptors (Lipinski definition) is 6. The maximum absolute atomic E-state index is 12.4. The summed E-state index contributed by atoms with van der Waals surface area (Å²) in [6.45, 7) is 3.73. The number of thiophene rings is 1. The Bertz CT molecular complexity index is 820. The van der Waals surface area contributed by atoms with Crippen LogP contribution in [0.3, 0.4) is 0 Å². The molecular formula is C20H23ClN2O4S. The zero-order valence-corrected chi connectivity index (χ0v) is 17.0. The highest BCUT2D eigenvalue weighted by Crippen LogP contribution is 2.32. The molecule has 150 valence electrons. The molecule has 1 N–H and O–H groups in total. The highest BCUT2D eigenvalue weighted by molar-refractivity contribution is 7.10. The number of fused-ring (bicyclic) bond motifs is 1. The van der Waals surface area contributed by atoms with E-state index in [-0.39, 0.29) is 25.1 Å². The Morgan fingerprint density at radius 2 is 1.96 bits per heavy atom. The Balaban J connectivity index is 0.00000225. The molecule has 1 fully saturated rings. The Hall–Kier alpha value is -2.06. The van der Waals surface area contributed by atoms with Gasteiger partial charge in [0.15, 0.2) is 11.5 Å². The van der Waals surface area contributed by atoms with Crippen LogP contribution >= 0.6 is 23.7 Å². The third kappa shape index (κ3) is 4.86. The fourth-order valence-electron chi connectivity index (χ4n) is 3.26. The number of piperazine rings is 1. The van der Waals surface area contributed by atoms with Gasteiger partial charge in [-0.15, -0.1) is 23.7 Å². The lowest BCUT2D eigenvalue weighted by Crippen LogP contribution is -2.49. The molecule has 2 aliphatic heterocycles. The number of nitrogens with zero attached hydrogens (tertiary/aromatic N) is 2. The van der Waals surface area contributed by atoms with Gasteiger partial charge in [-0.05, 0) is 35.2 Å². The Kier molecular flexibility index (Phi) is 6.96. The van der Waals surface area contributed by atoms with Crippen LogP contribution in [0.15, 0.2) is 41.8 Å². The third-order valence-electron chi connectivity index (χ3n) is 4.80. The third-order valence-corrected chi connectivity index (χ3v) is 5.78. The van der Waals surface area contributed by atoms with Crippen LogP contribution < -0.4 is 9.47 Å². The van der Waals surface area contributed by atoms with E-state index in [1.807, 2.05) is 40.6 Å². The summed E-state index contributed by atoms with van der Waals surface area (Å²) in [5.74, 6) is 1.45. The van der Waals surface area contributed by atoms with Crippen molar-refractivity contribution >= 4 is 35.7 Å². The number of rotatable bonds is 5. The lowest BCUT2D eigenvalue weighted by Gasteiger charge is -2.35. The molecule has 28 heavy (non-hydrogen) atoms. The zero-order valence-electron chi connectivity index (χ0n) is 15.3. The molecule has 1 unspecified atom stereocenters. The second-order valence-electron chi connectivity index (χ2n) is 6.60. The highest BCUT2D eigenvalue weighted by Gasteiger charge is 2.22. The van der Waals surface area contributed by atoms with Gasteiger partial charge in [-0.2, -0.15) is 0 Å². The summed E-state index contributed by atoms with van der Waals surface area (Å²) in [6, 6.07) is 9.53. The Morgan fingerprint density at radius 1 is 1.18 bits per heavy atom. The van der Waals surface area contributed by atoms with E-state index in [9.17, 15) is 9.90 Å². The lowest BCUT2D eigenvalue weighted by molar-refractivity contribution is -0.127. The van der Waals surface area contributed by atoms with Crippen molar-refractivity contribution in [2.24, 2.45) is 0 Å². The molecule has 1 aromatic heterocycles. The second-order valence-corrected chi connectivity index (χ2v) is 7.58. The molecule has 0 saturated carbocycles. The van der Waals surface area contributed by atoms with Gasteiger partial charge < -0.3 is 19.5 Å². The predicted molar refractivity (Wildman–Crippen MR) is 111 cm³/mol. The van der Waals surface area contributed by atoms with E-state index in [0.29, 0.717) is 25.4 Å². The molecule has 1 amide bonds. The van der Waals surface area contributed by atoms with E-state index in [4.69, 9.17) is 9.47 Å². The van der Waals surface area contributed by atoms with Gasteiger partial charge in [0, 0.05) is 43.7 Å². The predicted octanol–water partition coefficient (Wildman–Crippen LogP) is 2.79. The smallest absolute Gasteiger partial charge is 0.246 e. The molecule has 0 spiro atoms. The van der Waals surface area contributed by atoms with Crippen LogP contribution in [0.4, 0.5) is 0 Å². The summed E-state index contributed by atoms with van der Waals surface area (Å²) in [4.78, 5) is 17.5. The van der Waals surface area contributed by atoms with Crippen LogP contribution in [0, 0.1) is 0 Å². The van der Waals surface area contributed by atoms with Crippen LogP contribution in [0.1, 0.15) is 16.5 Å². The Morgan fingerprint density at radius 3 is 2.71 bits per heavy atom. The van der Waals surface area contributed by atoms with Gasteiger partial charge >= 0.3 is 0 Å². The second kappa shape index (κ2) is 9.43. The average molecular weight is 423 g/mol. The SMILES string of the molecule is Cl.O=C(/C=C/c1ccc2c(c1)OCO2)N1CCN(CC(O)c2cccs2)CC1. The van der Waals surface area contributed by atoms with Gasteiger partial charge in [-0.1, -0.05) is 12.1 Å². The first-order chi connectivity index (χ1) is 13.2. The summed E-state index contributed by atoms with van der Waals surface area (Å²) >= 11 is 1.57. The van der Waals surface area contributed by atoms with Crippen molar-refractivity contribution in [1.29, 1.82) is 0 Å². The largest absolute Gasteiger partial charge is 0.454 e. The van der Waals surface area contributed by atoms with Gasteiger partial charge in [0.1, 0.15) is 6.10 Å². The van der Waals surface area contributed by atoms with Gasteiger partial charge in [-0.25, -0.2) is 0 Å². The molecule has 3 heterocycles. The molecule has 4 rings (SSSR count). The summed E-state index contributed by atoms with van der Waals surface area (Å²) in [7, 11) is 0. The van der Waals surface area contributed by atoms with Crippen molar-refractivity contribution in [3.05, 3.63) is 52.2 Å². The number of carbonyl (C=O) groups is 1. The zero-order chi connectivity index (χ0) is 18.6. The van der Waals surface area contributed by atoms with E-state index < -0.39 is 6.10 Å². The van der Waals surface area contributed by atoms with Crippen molar-refractivity contribution in [3.63, 3.8) is 0 Å². The monoisotopic (exact) mass is 422 g/mol. The molecule has 0 radical (unpaired) electrons. The molecule has 1 atom stereocenters. The van der Waals surface area contributed by atoms with Crippen molar-refractivity contribution in [1.82, 2.24) is 9.80 Å². The minimum Gasteiger partial charge on any atom is -0.454 e. The van der Waals surface area contributed by atoms with Crippen molar-refractivity contribution < 1.29 is 19.4 Å². The number of aliphatic hydroxyl groups is 1.